The highest BCUT2D eigenvalue weighted by atomic mass is 32.2. The largest absolute Gasteiger partial charge is 0.351 e. The number of nitrogens with one attached hydrogen (secondary N) is 1. The zero-order valence-corrected chi connectivity index (χ0v) is 18.4. The Balaban J connectivity index is 1.82. The molecule has 0 spiro atoms. The van der Waals surface area contributed by atoms with E-state index in [4.69, 9.17) is 0 Å². The van der Waals surface area contributed by atoms with Gasteiger partial charge in [-0.3, -0.25) is 4.79 Å². The van der Waals surface area contributed by atoms with Gasteiger partial charge in [0.05, 0.1) is 4.90 Å². The van der Waals surface area contributed by atoms with E-state index in [9.17, 15) is 13.2 Å². The molecule has 0 fully saturated rings. The molecule has 0 aliphatic heterocycles. The van der Waals surface area contributed by atoms with Gasteiger partial charge in [-0.2, -0.15) is 16.1 Å². The van der Waals surface area contributed by atoms with Crippen molar-refractivity contribution in [1.29, 1.82) is 0 Å². The van der Waals surface area contributed by atoms with Crippen LogP contribution in [0.5, 0.6) is 0 Å². The van der Waals surface area contributed by atoms with E-state index in [-0.39, 0.29) is 16.8 Å². The fourth-order valence-corrected chi connectivity index (χ4v) is 4.62. The predicted molar refractivity (Wildman–Crippen MR) is 116 cm³/mol. The molecule has 0 aromatic heterocycles. The minimum Gasteiger partial charge on any atom is -0.351 e. The normalized spacial score (nSPS) is 11.8. The van der Waals surface area contributed by atoms with Crippen LogP contribution in [0.3, 0.4) is 0 Å². The van der Waals surface area contributed by atoms with Crippen LogP contribution in [-0.4, -0.2) is 44.0 Å². The van der Waals surface area contributed by atoms with Crippen molar-refractivity contribution in [2.45, 2.75) is 37.5 Å². The third-order valence-electron chi connectivity index (χ3n) is 4.44. The number of carbonyl (C=O) groups excluding carboxylic acids is 1. The highest BCUT2D eigenvalue weighted by Gasteiger charge is 2.23. The van der Waals surface area contributed by atoms with Gasteiger partial charge in [0.1, 0.15) is 0 Å². The van der Waals surface area contributed by atoms with Crippen LogP contribution >= 0.6 is 11.8 Å². The zero-order chi connectivity index (χ0) is 20.7. The summed E-state index contributed by atoms with van der Waals surface area (Å²) >= 11 is 1.76. The molecular formula is C21H28N2O3S2. The van der Waals surface area contributed by atoms with Gasteiger partial charge in [-0.25, -0.2) is 8.42 Å². The molecule has 2 aromatic carbocycles. The first-order valence-corrected chi connectivity index (χ1v) is 11.8. The van der Waals surface area contributed by atoms with E-state index in [0.29, 0.717) is 12.1 Å². The summed E-state index contributed by atoms with van der Waals surface area (Å²) in [6.45, 7) is 6.26. The van der Waals surface area contributed by atoms with E-state index in [2.05, 4.69) is 36.5 Å². The molecule has 0 bridgehead atoms. The van der Waals surface area contributed by atoms with Gasteiger partial charge in [0.15, 0.2) is 0 Å². The molecule has 1 N–H and O–H groups in total. The maximum Gasteiger partial charge on any atom is 0.251 e. The Morgan fingerprint density at radius 3 is 2.25 bits per heavy atom. The average molecular weight is 421 g/mol. The topological polar surface area (TPSA) is 66.5 Å². The van der Waals surface area contributed by atoms with E-state index >= 15 is 0 Å². The number of carbonyl (C=O) groups is 1. The van der Waals surface area contributed by atoms with Crippen molar-refractivity contribution in [2.75, 3.05) is 19.3 Å². The molecule has 0 aliphatic rings. The molecule has 152 valence electrons. The average Bonchev–Trinajstić information content (AvgIpc) is 2.68. The predicted octanol–water partition coefficient (Wildman–Crippen LogP) is 3.69. The van der Waals surface area contributed by atoms with Crippen LogP contribution in [0, 0.1) is 6.92 Å². The standard InChI is InChI=1S/C21H28N2O3S2/c1-16(2)23(4)28(25,26)20-11-9-19(10-12-20)21(24)22-13-14-27-15-18-7-5-17(3)6-8-18/h5-12,16H,13-15H2,1-4H3,(H,22,24). The molecule has 7 heteroatoms. The van der Waals surface area contributed by atoms with Crippen LogP contribution in [0.1, 0.15) is 35.3 Å². The molecule has 1 amide bonds. The molecule has 0 unspecified atom stereocenters. The molecule has 0 atom stereocenters. The van der Waals surface area contributed by atoms with Crippen LogP contribution in [0.2, 0.25) is 0 Å². The van der Waals surface area contributed by atoms with Crippen molar-refractivity contribution in [3.63, 3.8) is 0 Å². The second-order valence-corrected chi connectivity index (χ2v) is 10.0. The zero-order valence-electron chi connectivity index (χ0n) is 16.8. The minimum atomic E-state index is -3.54. The highest BCUT2D eigenvalue weighted by Crippen LogP contribution is 2.17. The van der Waals surface area contributed by atoms with Gasteiger partial charge in [0.2, 0.25) is 10.0 Å². The summed E-state index contributed by atoms with van der Waals surface area (Å²) in [5.74, 6) is 1.52. The van der Waals surface area contributed by atoms with E-state index in [1.54, 1.807) is 30.9 Å². The maximum atomic E-state index is 12.5. The van der Waals surface area contributed by atoms with E-state index < -0.39 is 10.0 Å². The Morgan fingerprint density at radius 2 is 1.68 bits per heavy atom. The van der Waals surface area contributed by atoms with Crippen LogP contribution in [0.4, 0.5) is 0 Å². The number of nitrogens with zero attached hydrogens (tertiary/aromatic N) is 1. The van der Waals surface area contributed by atoms with Gasteiger partial charge in [0.25, 0.3) is 5.91 Å². The van der Waals surface area contributed by atoms with Crippen LogP contribution in [0.15, 0.2) is 53.4 Å². The van der Waals surface area contributed by atoms with E-state index in [1.165, 1.54) is 27.6 Å². The van der Waals surface area contributed by atoms with Crippen molar-refractivity contribution in [1.82, 2.24) is 9.62 Å². The molecular weight excluding hydrogens is 392 g/mol. The Hall–Kier alpha value is -1.83. The third-order valence-corrected chi connectivity index (χ3v) is 7.52. The second-order valence-electron chi connectivity index (χ2n) is 6.93. The van der Waals surface area contributed by atoms with Crippen LogP contribution < -0.4 is 5.32 Å². The summed E-state index contributed by atoms with van der Waals surface area (Å²) in [6.07, 6.45) is 0. The van der Waals surface area contributed by atoms with Crippen molar-refractivity contribution in [2.24, 2.45) is 0 Å². The van der Waals surface area contributed by atoms with Gasteiger partial charge < -0.3 is 5.32 Å². The summed E-state index contributed by atoms with van der Waals surface area (Å²) < 4.78 is 26.2. The summed E-state index contributed by atoms with van der Waals surface area (Å²) in [5, 5.41) is 2.87. The minimum absolute atomic E-state index is 0.134. The Bertz CT molecular complexity index is 877. The first-order valence-electron chi connectivity index (χ1n) is 9.21. The number of benzene rings is 2. The summed E-state index contributed by atoms with van der Waals surface area (Å²) in [6, 6.07) is 14.4. The Kier molecular flexibility index (Phi) is 8.10. The summed E-state index contributed by atoms with van der Waals surface area (Å²) in [7, 11) is -1.99. The molecule has 0 radical (unpaired) electrons. The number of sulfonamides is 1. The number of aryl methyl sites for hydroxylation is 1. The van der Waals surface area contributed by atoms with E-state index in [1.807, 2.05) is 13.8 Å². The maximum absolute atomic E-state index is 12.5. The smallest absolute Gasteiger partial charge is 0.251 e. The SMILES string of the molecule is Cc1ccc(CSCCNC(=O)c2ccc(S(=O)(=O)N(C)C(C)C)cc2)cc1. The molecule has 0 saturated heterocycles. The first-order chi connectivity index (χ1) is 13.2. The second kappa shape index (κ2) is 10.1. The lowest BCUT2D eigenvalue weighted by molar-refractivity contribution is 0.0956. The lowest BCUT2D eigenvalue weighted by Gasteiger charge is -2.21. The highest BCUT2D eigenvalue weighted by molar-refractivity contribution is 7.98. The lowest BCUT2D eigenvalue weighted by Crippen LogP contribution is -2.33. The van der Waals surface area contributed by atoms with Crippen LogP contribution in [-0.2, 0) is 15.8 Å². The third kappa shape index (κ3) is 6.09. The number of amides is 1. The molecule has 0 saturated carbocycles. The quantitative estimate of drug-likeness (QED) is 0.629. The Morgan fingerprint density at radius 1 is 1.07 bits per heavy atom. The van der Waals surface area contributed by atoms with Gasteiger partial charge in [-0.1, -0.05) is 29.8 Å². The summed E-state index contributed by atoms with van der Waals surface area (Å²) in [4.78, 5) is 12.4. The first kappa shape index (κ1) is 22.5. The molecule has 28 heavy (non-hydrogen) atoms. The number of hydrogen-bond acceptors (Lipinski definition) is 4. The van der Waals surface area contributed by atoms with Gasteiger partial charge in [-0.15, -0.1) is 0 Å². The number of thioether (sulfide) groups is 1. The van der Waals surface area contributed by atoms with Gasteiger partial charge in [-0.05, 0) is 50.6 Å². The van der Waals surface area contributed by atoms with Gasteiger partial charge >= 0.3 is 0 Å². The number of rotatable bonds is 9. The fourth-order valence-electron chi connectivity index (χ4n) is 2.44. The molecule has 5 nitrogen and oxygen atoms in total. The van der Waals surface area contributed by atoms with Gasteiger partial charge in [0, 0.05) is 36.7 Å². The molecule has 2 rings (SSSR count). The van der Waals surface area contributed by atoms with Crippen molar-refractivity contribution in [3.8, 4) is 0 Å². The monoisotopic (exact) mass is 420 g/mol. The molecule has 0 aliphatic carbocycles. The van der Waals surface area contributed by atoms with Crippen molar-refractivity contribution >= 4 is 27.7 Å². The number of hydrogen-bond donors (Lipinski definition) is 1. The summed E-state index contributed by atoms with van der Waals surface area (Å²) in [5.41, 5.74) is 2.97. The van der Waals surface area contributed by atoms with Crippen molar-refractivity contribution in [3.05, 3.63) is 65.2 Å². The molecule has 2 aromatic rings. The molecule has 0 heterocycles. The van der Waals surface area contributed by atoms with Crippen molar-refractivity contribution < 1.29 is 13.2 Å². The Labute approximate surface area is 172 Å². The van der Waals surface area contributed by atoms with E-state index in [0.717, 1.165) is 11.5 Å². The fraction of sp³-hybridized carbons (Fsp3) is 0.381. The van der Waals surface area contributed by atoms with Crippen LogP contribution in [0.25, 0.3) is 0 Å². The lowest BCUT2D eigenvalue weighted by atomic mass is 10.2.